The second-order valence-electron chi connectivity index (χ2n) is 2.07. The summed E-state index contributed by atoms with van der Waals surface area (Å²) in [5.41, 5.74) is 0.524. The molecule has 1 rings (SSSR count). The van der Waals surface area contributed by atoms with Crippen LogP contribution in [0.3, 0.4) is 0 Å². The third-order valence-electron chi connectivity index (χ3n) is 1.32. The fraction of sp³-hybridized carbons (Fsp3) is 0. The largest absolute Gasteiger partial charge is 0.410 e. The van der Waals surface area contributed by atoms with Gasteiger partial charge in [-0.2, -0.15) is 5.26 Å². The summed E-state index contributed by atoms with van der Waals surface area (Å²) in [6.45, 7) is 0. The molecule has 0 aliphatic rings. The van der Waals surface area contributed by atoms with Crippen molar-refractivity contribution < 1.29 is 5.21 Å². The van der Waals surface area contributed by atoms with Crippen molar-refractivity contribution in [3.8, 4) is 6.07 Å². The normalized spacial score (nSPS) is 10.0. The monoisotopic (exact) mass is 203 g/mol. The van der Waals surface area contributed by atoms with Crippen LogP contribution in [0, 0.1) is 11.3 Å². The number of benzene rings is 1. The Balaban J connectivity index is 0.00000144. The third kappa shape index (κ3) is 3.37. The summed E-state index contributed by atoms with van der Waals surface area (Å²) in [5, 5.41) is 20.3. The van der Waals surface area contributed by atoms with Gasteiger partial charge in [0.2, 0.25) is 0 Å². The van der Waals surface area contributed by atoms with Crippen LogP contribution in [0.2, 0.25) is 5.02 Å². The second-order valence-corrected chi connectivity index (χ2v) is 2.50. The van der Waals surface area contributed by atoms with Crippen molar-refractivity contribution in [2.45, 2.75) is 0 Å². The Kier molecular flexibility index (Phi) is 5.76. The van der Waals surface area contributed by atoms with Gasteiger partial charge in [-0.05, 0) is 12.1 Å². The molecule has 0 saturated heterocycles. The summed E-state index contributed by atoms with van der Waals surface area (Å²) in [6.07, 6.45) is 0. The Morgan fingerprint density at radius 3 is 2.31 bits per heavy atom. The van der Waals surface area contributed by atoms with Crippen molar-refractivity contribution in [3.63, 3.8) is 0 Å². The molecule has 0 unspecified atom stereocenters. The van der Waals surface area contributed by atoms with E-state index in [4.69, 9.17) is 22.1 Å². The van der Waals surface area contributed by atoms with E-state index in [0.717, 1.165) is 0 Å². The average molecular weight is 204 g/mol. The molecule has 0 aliphatic heterocycles. The maximum Gasteiger partial charge on any atom is 0.186 e. The Labute approximate surface area is 103 Å². The number of nitriles is 1. The van der Waals surface area contributed by atoms with Crippen LogP contribution >= 0.6 is 11.6 Å². The van der Waals surface area contributed by atoms with Gasteiger partial charge in [-0.1, -0.05) is 28.9 Å². The molecule has 5 heteroatoms. The summed E-state index contributed by atoms with van der Waals surface area (Å²) >= 11 is 5.62. The molecular weight excluding hydrogens is 199 g/mol. The van der Waals surface area contributed by atoms with Gasteiger partial charge in [-0.15, -0.1) is 0 Å². The van der Waals surface area contributed by atoms with E-state index >= 15 is 0 Å². The smallest absolute Gasteiger partial charge is 0.186 e. The number of halogens is 1. The van der Waals surface area contributed by atoms with Crippen LogP contribution in [0.25, 0.3) is 0 Å². The van der Waals surface area contributed by atoms with E-state index < -0.39 is 0 Å². The van der Waals surface area contributed by atoms with Crippen molar-refractivity contribution >= 4 is 46.9 Å². The average Bonchev–Trinajstić information content (AvgIpc) is 2.10. The first-order valence-electron chi connectivity index (χ1n) is 3.16. The van der Waals surface area contributed by atoms with Gasteiger partial charge in [0.05, 0.1) is 0 Å². The van der Waals surface area contributed by atoms with Crippen LogP contribution in [0.4, 0.5) is 0 Å². The first kappa shape index (κ1) is 12.5. The SMILES string of the molecule is N#CC(=NO)c1ccc(Cl)cc1.[Na]. The van der Waals surface area contributed by atoms with Crippen molar-refractivity contribution in [2.75, 3.05) is 0 Å². The molecule has 61 valence electrons. The molecule has 0 heterocycles. The molecule has 1 radical (unpaired) electrons. The van der Waals surface area contributed by atoms with Gasteiger partial charge in [-0.3, -0.25) is 0 Å². The number of rotatable bonds is 1. The quantitative estimate of drug-likeness (QED) is 0.327. The van der Waals surface area contributed by atoms with Crippen LogP contribution in [0.5, 0.6) is 0 Å². The van der Waals surface area contributed by atoms with Crippen molar-refractivity contribution in [2.24, 2.45) is 5.16 Å². The molecule has 13 heavy (non-hydrogen) atoms. The van der Waals surface area contributed by atoms with Gasteiger partial charge >= 0.3 is 0 Å². The summed E-state index contributed by atoms with van der Waals surface area (Å²) < 4.78 is 0. The number of oxime groups is 1. The van der Waals surface area contributed by atoms with Crippen LogP contribution in [-0.2, 0) is 0 Å². The van der Waals surface area contributed by atoms with E-state index in [2.05, 4.69) is 5.16 Å². The van der Waals surface area contributed by atoms with E-state index in [1.165, 1.54) is 0 Å². The fourth-order valence-corrected chi connectivity index (χ4v) is 0.878. The van der Waals surface area contributed by atoms with Gasteiger partial charge in [-0.25, -0.2) is 0 Å². The third-order valence-corrected chi connectivity index (χ3v) is 1.58. The minimum absolute atomic E-state index is 0. The number of hydrogen-bond donors (Lipinski definition) is 1. The van der Waals surface area contributed by atoms with E-state index in [-0.39, 0.29) is 35.3 Å². The van der Waals surface area contributed by atoms with E-state index in [0.29, 0.717) is 10.6 Å². The zero-order valence-corrected chi connectivity index (χ0v) is 9.78. The molecule has 0 fully saturated rings. The first-order valence-corrected chi connectivity index (χ1v) is 3.54. The van der Waals surface area contributed by atoms with Crippen molar-refractivity contribution in [1.82, 2.24) is 0 Å². The number of nitrogens with zero attached hydrogens (tertiary/aromatic N) is 2. The van der Waals surface area contributed by atoms with Gasteiger partial charge in [0, 0.05) is 40.1 Å². The summed E-state index contributed by atoms with van der Waals surface area (Å²) in [6, 6.07) is 8.22. The van der Waals surface area contributed by atoms with Gasteiger partial charge < -0.3 is 5.21 Å². The summed E-state index contributed by atoms with van der Waals surface area (Å²) in [5.74, 6) is 0. The zero-order valence-electron chi connectivity index (χ0n) is 7.03. The molecule has 1 N–H and O–H groups in total. The van der Waals surface area contributed by atoms with Gasteiger partial charge in [0.15, 0.2) is 5.71 Å². The predicted octanol–water partition coefficient (Wildman–Crippen LogP) is 1.66. The standard InChI is InChI=1S/C8H5ClN2O.Na/c9-7-3-1-6(2-4-7)8(5-10)11-12;/h1-4,12H;. The van der Waals surface area contributed by atoms with Gasteiger partial charge in [0.1, 0.15) is 6.07 Å². The molecule has 0 spiro atoms. The molecular formula is C8H5ClN2NaO. The van der Waals surface area contributed by atoms with Crippen LogP contribution < -0.4 is 0 Å². The molecule has 0 aromatic heterocycles. The minimum Gasteiger partial charge on any atom is -0.410 e. The summed E-state index contributed by atoms with van der Waals surface area (Å²) in [7, 11) is 0. The fourth-order valence-electron chi connectivity index (χ4n) is 0.752. The molecule has 0 aliphatic carbocycles. The predicted molar refractivity (Wildman–Crippen MR) is 51.1 cm³/mol. The topological polar surface area (TPSA) is 56.4 Å². The van der Waals surface area contributed by atoms with E-state index in [1.807, 2.05) is 0 Å². The second kappa shape index (κ2) is 6.01. The summed E-state index contributed by atoms with van der Waals surface area (Å²) in [4.78, 5) is 0. The van der Waals surface area contributed by atoms with Crippen molar-refractivity contribution in [3.05, 3.63) is 34.9 Å². The first-order chi connectivity index (χ1) is 5.77. The Morgan fingerprint density at radius 2 is 1.92 bits per heavy atom. The zero-order chi connectivity index (χ0) is 8.97. The Bertz CT molecular complexity index is 342. The molecule has 0 bridgehead atoms. The Morgan fingerprint density at radius 1 is 1.38 bits per heavy atom. The van der Waals surface area contributed by atoms with E-state index in [1.54, 1.807) is 30.3 Å². The van der Waals surface area contributed by atoms with Crippen LogP contribution in [-0.4, -0.2) is 40.5 Å². The maximum atomic E-state index is 8.47. The Hall–Kier alpha value is -0.530. The maximum absolute atomic E-state index is 8.47. The minimum atomic E-state index is -0.0216. The molecule has 0 amide bonds. The molecule has 0 atom stereocenters. The van der Waals surface area contributed by atoms with E-state index in [9.17, 15) is 0 Å². The number of hydrogen-bond acceptors (Lipinski definition) is 3. The van der Waals surface area contributed by atoms with Crippen LogP contribution in [0.15, 0.2) is 29.4 Å². The van der Waals surface area contributed by atoms with Gasteiger partial charge in [0.25, 0.3) is 0 Å². The molecule has 0 saturated carbocycles. The van der Waals surface area contributed by atoms with Crippen molar-refractivity contribution in [1.29, 1.82) is 5.26 Å². The molecule has 1 aromatic carbocycles. The van der Waals surface area contributed by atoms with Crippen LogP contribution in [0.1, 0.15) is 5.56 Å². The molecule has 3 nitrogen and oxygen atoms in total. The molecule has 1 aromatic rings.